The molecule has 1 amide bonds. The Bertz CT molecular complexity index is 457. The summed E-state index contributed by atoms with van der Waals surface area (Å²) in [6.07, 6.45) is 1.13. The maximum absolute atomic E-state index is 12.1. The van der Waals surface area contributed by atoms with Crippen LogP contribution < -0.4 is 10.6 Å². The molecule has 0 bridgehead atoms. The highest BCUT2D eigenvalue weighted by Crippen LogP contribution is 2.26. The lowest BCUT2D eigenvalue weighted by atomic mass is 10.1. The number of anilines is 2. The van der Waals surface area contributed by atoms with Crippen molar-refractivity contribution in [3.05, 3.63) is 23.8 Å². The number of nitrogen functional groups attached to an aromatic ring is 1. The molecule has 4 heteroatoms. The van der Waals surface area contributed by atoms with E-state index in [2.05, 4.69) is 25.7 Å². The van der Waals surface area contributed by atoms with E-state index in [0.717, 1.165) is 30.9 Å². The van der Waals surface area contributed by atoms with Crippen LogP contribution >= 0.6 is 0 Å². The van der Waals surface area contributed by atoms with E-state index >= 15 is 0 Å². The molecule has 1 aromatic carbocycles. The first kappa shape index (κ1) is 16.3. The van der Waals surface area contributed by atoms with Crippen molar-refractivity contribution in [2.75, 3.05) is 37.8 Å². The Balaban J connectivity index is 3.08. The molecule has 0 radical (unpaired) electrons. The molecule has 20 heavy (non-hydrogen) atoms. The first-order chi connectivity index (χ1) is 9.40. The third kappa shape index (κ3) is 3.89. The predicted octanol–water partition coefficient (Wildman–Crippen LogP) is 2.84. The SMILES string of the molecule is CCC(C)CN(CC)c1cc(C(=O)N(C)C)ccc1N. The number of rotatable bonds is 6. The van der Waals surface area contributed by atoms with E-state index in [9.17, 15) is 4.79 Å². The fraction of sp³-hybridized carbons (Fsp3) is 0.562. The second-order valence-electron chi connectivity index (χ2n) is 5.53. The lowest BCUT2D eigenvalue weighted by Gasteiger charge is -2.28. The smallest absolute Gasteiger partial charge is 0.253 e. The Kier molecular flexibility index (Phi) is 5.86. The summed E-state index contributed by atoms with van der Waals surface area (Å²) in [7, 11) is 3.52. The average Bonchev–Trinajstić information content (AvgIpc) is 2.44. The van der Waals surface area contributed by atoms with Gasteiger partial charge in [0.15, 0.2) is 0 Å². The number of carbonyl (C=O) groups excluding carboxylic acids is 1. The van der Waals surface area contributed by atoms with Crippen molar-refractivity contribution >= 4 is 17.3 Å². The van der Waals surface area contributed by atoms with Crippen LogP contribution in [0.15, 0.2) is 18.2 Å². The van der Waals surface area contributed by atoms with Crippen LogP contribution in [-0.2, 0) is 0 Å². The van der Waals surface area contributed by atoms with Gasteiger partial charge in [-0.2, -0.15) is 0 Å². The van der Waals surface area contributed by atoms with E-state index in [0.29, 0.717) is 11.5 Å². The van der Waals surface area contributed by atoms with Crippen molar-refractivity contribution in [3.63, 3.8) is 0 Å². The molecule has 0 saturated carbocycles. The van der Waals surface area contributed by atoms with E-state index in [1.54, 1.807) is 25.1 Å². The molecule has 0 spiro atoms. The number of hydrogen-bond acceptors (Lipinski definition) is 3. The molecule has 1 unspecified atom stereocenters. The summed E-state index contributed by atoms with van der Waals surface area (Å²) in [4.78, 5) is 15.9. The number of amides is 1. The lowest BCUT2D eigenvalue weighted by Crippen LogP contribution is -2.29. The molecule has 0 heterocycles. The summed E-state index contributed by atoms with van der Waals surface area (Å²) in [5.41, 5.74) is 8.46. The van der Waals surface area contributed by atoms with E-state index in [-0.39, 0.29) is 5.91 Å². The van der Waals surface area contributed by atoms with Gasteiger partial charge in [0.25, 0.3) is 5.91 Å². The van der Waals surface area contributed by atoms with Gasteiger partial charge in [-0.15, -0.1) is 0 Å². The number of benzene rings is 1. The third-order valence-corrected chi connectivity index (χ3v) is 3.63. The van der Waals surface area contributed by atoms with Gasteiger partial charge in [-0.25, -0.2) is 0 Å². The molecule has 0 aromatic heterocycles. The third-order valence-electron chi connectivity index (χ3n) is 3.63. The van der Waals surface area contributed by atoms with Crippen molar-refractivity contribution in [3.8, 4) is 0 Å². The second-order valence-corrected chi connectivity index (χ2v) is 5.53. The fourth-order valence-electron chi connectivity index (χ4n) is 2.11. The van der Waals surface area contributed by atoms with E-state index in [4.69, 9.17) is 5.73 Å². The minimum absolute atomic E-state index is 0.00541. The second kappa shape index (κ2) is 7.17. The topological polar surface area (TPSA) is 49.6 Å². The Morgan fingerprint density at radius 2 is 1.95 bits per heavy atom. The van der Waals surface area contributed by atoms with Crippen LogP contribution in [-0.4, -0.2) is 38.0 Å². The first-order valence-corrected chi connectivity index (χ1v) is 7.26. The van der Waals surface area contributed by atoms with E-state index < -0.39 is 0 Å². The highest BCUT2D eigenvalue weighted by molar-refractivity contribution is 5.96. The predicted molar refractivity (Wildman–Crippen MR) is 86.2 cm³/mol. The van der Waals surface area contributed by atoms with Gasteiger partial charge < -0.3 is 15.5 Å². The van der Waals surface area contributed by atoms with Crippen molar-refractivity contribution in [2.24, 2.45) is 5.92 Å². The van der Waals surface area contributed by atoms with Crippen LogP contribution in [0.25, 0.3) is 0 Å². The molecule has 0 saturated heterocycles. The van der Waals surface area contributed by atoms with Crippen LogP contribution in [0.2, 0.25) is 0 Å². The Labute approximate surface area is 122 Å². The first-order valence-electron chi connectivity index (χ1n) is 7.26. The molecule has 0 aliphatic rings. The summed E-state index contributed by atoms with van der Waals surface area (Å²) in [5.74, 6) is 0.605. The molecule has 1 atom stereocenters. The Hall–Kier alpha value is -1.71. The summed E-state index contributed by atoms with van der Waals surface area (Å²) in [5, 5.41) is 0. The maximum Gasteiger partial charge on any atom is 0.253 e. The normalized spacial score (nSPS) is 12.1. The Morgan fingerprint density at radius 3 is 2.45 bits per heavy atom. The molecule has 1 rings (SSSR count). The van der Waals surface area contributed by atoms with Crippen molar-refractivity contribution in [2.45, 2.75) is 27.2 Å². The standard InChI is InChI=1S/C16H27N3O/c1-6-12(3)11-19(7-2)15-10-13(8-9-14(15)17)16(20)18(4)5/h8-10,12H,6-7,11,17H2,1-5H3. The minimum Gasteiger partial charge on any atom is -0.397 e. The van der Waals surface area contributed by atoms with Crippen LogP contribution in [0.5, 0.6) is 0 Å². The summed E-state index contributed by atoms with van der Waals surface area (Å²) in [6, 6.07) is 5.52. The number of carbonyl (C=O) groups is 1. The van der Waals surface area contributed by atoms with Gasteiger partial charge in [0.2, 0.25) is 0 Å². The van der Waals surface area contributed by atoms with Crippen LogP contribution in [0.3, 0.4) is 0 Å². The highest BCUT2D eigenvalue weighted by atomic mass is 16.2. The van der Waals surface area contributed by atoms with Crippen LogP contribution in [0.4, 0.5) is 11.4 Å². The largest absolute Gasteiger partial charge is 0.397 e. The number of nitrogens with two attached hydrogens (primary N) is 1. The zero-order valence-corrected chi connectivity index (χ0v) is 13.3. The molecular formula is C16H27N3O. The monoisotopic (exact) mass is 277 g/mol. The molecule has 0 aliphatic heterocycles. The number of hydrogen-bond donors (Lipinski definition) is 1. The molecule has 4 nitrogen and oxygen atoms in total. The maximum atomic E-state index is 12.1. The van der Waals surface area contributed by atoms with Gasteiger partial charge in [0.05, 0.1) is 11.4 Å². The Morgan fingerprint density at radius 1 is 1.30 bits per heavy atom. The van der Waals surface area contributed by atoms with Gasteiger partial charge in [-0.1, -0.05) is 20.3 Å². The average molecular weight is 277 g/mol. The molecule has 1 aromatic rings. The summed E-state index contributed by atoms with van der Waals surface area (Å²) < 4.78 is 0. The minimum atomic E-state index is 0.00541. The quantitative estimate of drug-likeness (QED) is 0.813. The molecule has 0 fully saturated rings. The van der Waals surface area contributed by atoms with Gasteiger partial charge in [0, 0.05) is 32.7 Å². The summed E-state index contributed by atoms with van der Waals surface area (Å²) in [6.45, 7) is 8.37. The van der Waals surface area contributed by atoms with Crippen molar-refractivity contribution in [1.82, 2.24) is 4.90 Å². The lowest BCUT2D eigenvalue weighted by molar-refractivity contribution is 0.0827. The van der Waals surface area contributed by atoms with Crippen LogP contribution in [0, 0.1) is 5.92 Å². The number of nitrogens with zero attached hydrogens (tertiary/aromatic N) is 2. The van der Waals surface area contributed by atoms with E-state index in [1.165, 1.54) is 0 Å². The van der Waals surface area contributed by atoms with Crippen molar-refractivity contribution < 1.29 is 4.79 Å². The van der Waals surface area contributed by atoms with Gasteiger partial charge in [0.1, 0.15) is 0 Å². The molecule has 2 N–H and O–H groups in total. The zero-order chi connectivity index (χ0) is 15.3. The van der Waals surface area contributed by atoms with Gasteiger partial charge in [-0.3, -0.25) is 4.79 Å². The fourth-order valence-corrected chi connectivity index (χ4v) is 2.11. The van der Waals surface area contributed by atoms with Crippen LogP contribution in [0.1, 0.15) is 37.6 Å². The molecule has 112 valence electrons. The highest BCUT2D eigenvalue weighted by Gasteiger charge is 2.15. The summed E-state index contributed by atoms with van der Waals surface area (Å²) >= 11 is 0. The van der Waals surface area contributed by atoms with E-state index in [1.807, 2.05) is 12.1 Å². The van der Waals surface area contributed by atoms with Gasteiger partial charge in [-0.05, 0) is 31.0 Å². The van der Waals surface area contributed by atoms with Crippen molar-refractivity contribution in [1.29, 1.82) is 0 Å². The van der Waals surface area contributed by atoms with Gasteiger partial charge >= 0.3 is 0 Å². The molecular weight excluding hydrogens is 250 g/mol. The zero-order valence-electron chi connectivity index (χ0n) is 13.3. The molecule has 0 aliphatic carbocycles.